The van der Waals surface area contributed by atoms with Crippen molar-refractivity contribution in [2.75, 3.05) is 19.8 Å². The Morgan fingerprint density at radius 3 is 2.68 bits per heavy atom. The number of rotatable bonds is 7. The molecule has 1 aromatic heterocycles. The van der Waals surface area contributed by atoms with E-state index in [0.29, 0.717) is 46.0 Å². The Morgan fingerprint density at radius 2 is 1.96 bits per heavy atom. The molecule has 1 amide bonds. The molecule has 0 aliphatic rings. The average Bonchev–Trinajstić information content (AvgIpc) is 2.68. The molecule has 0 saturated carbocycles. The lowest BCUT2D eigenvalue weighted by Crippen LogP contribution is -2.30. The number of carbonyl (C=O) groups excluding carboxylic acids is 1. The Labute approximate surface area is 166 Å². The highest BCUT2D eigenvalue weighted by Gasteiger charge is 2.14. The summed E-state index contributed by atoms with van der Waals surface area (Å²) in [5, 5.41) is 12.4. The maximum Gasteiger partial charge on any atom is 0.257 e. The van der Waals surface area contributed by atoms with Gasteiger partial charge in [-0.05, 0) is 43.2 Å². The first-order valence-electron chi connectivity index (χ1n) is 8.83. The number of carbonyl (C=O) groups is 1. The van der Waals surface area contributed by atoms with Crippen molar-refractivity contribution in [3.05, 3.63) is 63.5 Å². The van der Waals surface area contributed by atoms with Crippen LogP contribution in [0.15, 0.2) is 51.7 Å². The third kappa shape index (κ3) is 4.52. The highest BCUT2D eigenvalue weighted by atomic mass is 35.5. The zero-order valence-electron chi connectivity index (χ0n) is 15.3. The van der Waals surface area contributed by atoms with E-state index >= 15 is 0 Å². The van der Waals surface area contributed by atoms with Gasteiger partial charge in [0.25, 0.3) is 5.91 Å². The van der Waals surface area contributed by atoms with E-state index in [0.717, 1.165) is 5.56 Å². The summed E-state index contributed by atoms with van der Waals surface area (Å²) >= 11 is 5.92. The molecule has 0 unspecified atom stereocenters. The number of hydrogen-bond donors (Lipinski definition) is 2. The lowest BCUT2D eigenvalue weighted by Gasteiger charge is -2.10. The molecule has 1 heterocycles. The molecule has 0 aliphatic carbocycles. The number of hydrogen-bond acceptors (Lipinski definition) is 5. The van der Waals surface area contributed by atoms with Crippen molar-refractivity contribution >= 4 is 28.5 Å². The second-order valence-corrected chi connectivity index (χ2v) is 6.68. The monoisotopic (exact) mass is 401 g/mol. The molecule has 7 heteroatoms. The first-order chi connectivity index (χ1) is 13.5. The zero-order chi connectivity index (χ0) is 20.1. The van der Waals surface area contributed by atoms with Gasteiger partial charge in [-0.2, -0.15) is 0 Å². The van der Waals surface area contributed by atoms with Crippen LogP contribution in [0.2, 0.25) is 5.02 Å². The fraction of sp³-hybridized carbons (Fsp3) is 0.238. The van der Waals surface area contributed by atoms with Gasteiger partial charge in [-0.15, -0.1) is 0 Å². The number of aliphatic hydroxyl groups is 1. The molecule has 3 aromatic rings. The number of fused-ring (bicyclic) bond motifs is 1. The predicted molar refractivity (Wildman–Crippen MR) is 108 cm³/mol. The van der Waals surface area contributed by atoms with E-state index in [4.69, 9.17) is 25.9 Å². The molecule has 0 spiro atoms. The predicted octanol–water partition coefficient (Wildman–Crippen LogP) is 3.30. The van der Waals surface area contributed by atoms with Gasteiger partial charge in [0, 0.05) is 24.2 Å². The van der Waals surface area contributed by atoms with Crippen LogP contribution < -0.4 is 15.5 Å². The summed E-state index contributed by atoms with van der Waals surface area (Å²) in [5.74, 6) is 0.620. The number of ether oxygens (including phenoxy) is 1. The first kappa shape index (κ1) is 19.9. The Bertz CT molecular complexity index is 1040. The summed E-state index contributed by atoms with van der Waals surface area (Å²) in [5.41, 5.74) is 1.46. The molecule has 0 atom stereocenters. The van der Waals surface area contributed by atoms with Crippen LogP contribution in [-0.2, 0) is 4.79 Å². The van der Waals surface area contributed by atoms with Crippen molar-refractivity contribution in [2.45, 2.75) is 13.3 Å². The van der Waals surface area contributed by atoms with Crippen molar-refractivity contribution in [1.29, 1.82) is 0 Å². The summed E-state index contributed by atoms with van der Waals surface area (Å²) in [6.45, 7) is 1.97. The van der Waals surface area contributed by atoms with Gasteiger partial charge < -0.3 is 19.6 Å². The molecule has 6 nitrogen and oxygen atoms in total. The normalized spacial score (nSPS) is 10.8. The number of aliphatic hydroxyl groups excluding tert-OH is 1. The quantitative estimate of drug-likeness (QED) is 0.593. The van der Waals surface area contributed by atoms with Crippen molar-refractivity contribution in [3.63, 3.8) is 0 Å². The fourth-order valence-electron chi connectivity index (χ4n) is 2.83. The Balaban J connectivity index is 1.84. The smallest absolute Gasteiger partial charge is 0.257 e. The number of benzene rings is 2. The number of amides is 1. The first-order valence-corrected chi connectivity index (χ1v) is 9.21. The van der Waals surface area contributed by atoms with Gasteiger partial charge in [-0.25, -0.2) is 0 Å². The van der Waals surface area contributed by atoms with Crippen LogP contribution in [0.25, 0.3) is 22.1 Å². The summed E-state index contributed by atoms with van der Waals surface area (Å²) in [4.78, 5) is 24.6. The molecule has 0 saturated heterocycles. The summed E-state index contributed by atoms with van der Waals surface area (Å²) < 4.78 is 11.3. The molecule has 0 bridgehead atoms. The summed E-state index contributed by atoms with van der Waals surface area (Å²) in [6.07, 6.45) is 0.488. The van der Waals surface area contributed by atoms with E-state index in [2.05, 4.69) is 5.32 Å². The van der Waals surface area contributed by atoms with Crippen LogP contribution in [-0.4, -0.2) is 30.8 Å². The van der Waals surface area contributed by atoms with Crippen molar-refractivity contribution in [1.82, 2.24) is 5.32 Å². The van der Waals surface area contributed by atoms with E-state index in [9.17, 15) is 9.59 Å². The van der Waals surface area contributed by atoms with E-state index < -0.39 is 0 Å². The zero-order valence-corrected chi connectivity index (χ0v) is 16.1. The van der Waals surface area contributed by atoms with Gasteiger partial charge in [0.2, 0.25) is 5.43 Å². The fourth-order valence-corrected chi connectivity index (χ4v) is 2.96. The van der Waals surface area contributed by atoms with Crippen molar-refractivity contribution in [2.24, 2.45) is 0 Å². The topological polar surface area (TPSA) is 88.8 Å². The van der Waals surface area contributed by atoms with Crippen LogP contribution in [0.5, 0.6) is 5.75 Å². The SMILES string of the molecule is Cc1oc2cc(OCC(=O)NCCCO)ccc2c(=O)c1-c1ccc(Cl)cc1. The summed E-state index contributed by atoms with van der Waals surface area (Å²) in [6, 6.07) is 11.8. The van der Waals surface area contributed by atoms with E-state index in [1.54, 1.807) is 49.4 Å². The Morgan fingerprint density at radius 1 is 1.21 bits per heavy atom. The molecular formula is C21H20ClNO5. The van der Waals surface area contributed by atoms with E-state index in [1.165, 1.54) is 0 Å². The van der Waals surface area contributed by atoms with Gasteiger partial charge in [0.1, 0.15) is 17.1 Å². The van der Waals surface area contributed by atoms with Crippen LogP contribution in [0, 0.1) is 6.92 Å². The highest BCUT2D eigenvalue weighted by molar-refractivity contribution is 6.30. The summed E-state index contributed by atoms with van der Waals surface area (Å²) in [7, 11) is 0. The maximum atomic E-state index is 12.9. The third-order valence-electron chi connectivity index (χ3n) is 4.20. The number of halogens is 1. The van der Waals surface area contributed by atoms with Crippen molar-refractivity contribution in [3.8, 4) is 16.9 Å². The molecule has 0 radical (unpaired) electrons. The largest absolute Gasteiger partial charge is 0.484 e. The van der Waals surface area contributed by atoms with Crippen LogP contribution in [0.3, 0.4) is 0 Å². The molecule has 0 aliphatic heterocycles. The molecule has 3 rings (SSSR count). The maximum absolute atomic E-state index is 12.9. The van der Waals surface area contributed by atoms with Crippen LogP contribution in [0.4, 0.5) is 0 Å². The van der Waals surface area contributed by atoms with Gasteiger partial charge in [0.05, 0.1) is 10.9 Å². The minimum absolute atomic E-state index is 0.0161. The van der Waals surface area contributed by atoms with Gasteiger partial charge >= 0.3 is 0 Å². The molecule has 146 valence electrons. The standard InChI is InChI=1S/C21H20ClNO5/c1-13-20(14-3-5-15(22)6-4-14)21(26)17-8-7-16(11-18(17)28-13)27-12-19(25)23-9-2-10-24/h3-8,11,24H,2,9-10,12H2,1H3,(H,23,25). The molecule has 2 N–H and O–H groups in total. The van der Waals surface area contributed by atoms with Gasteiger partial charge in [0.15, 0.2) is 6.61 Å². The number of aryl methyl sites for hydroxylation is 1. The molecule has 2 aromatic carbocycles. The van der Waals surface area contributed by atoms with Crippen molar-refractivity contribution < 1.29 is 19.1 Å². The van der Waals surface area contributed by atoms with Gasteiger partial charge in [-0.3, -0.25) is 9.59 Å². The van der Waals surface area contributed by atoms with Crippen LogP contribution in [0.1, 0.15) is 12.2 Å². The van der Waals surface area contributed by atoms with Crippen LogP contribution >= 0.6 is 11.6 Å². The Hall–Kier alpha value is -2.83. The van der Waals surface area contributed by atoms with E-state index in [1.807, 2.05) is 0 Å². The highest BCUT2D eigenvalue weighted by Crippen LogP contribution is 2.27. The third-order valence-corrected chi connectivity index (χ3v) is 4.45. The molecular weight excluding hydrogens is 382 g/mol. The second-order valence-electron chi connectivity index (χ2n) is 6.24. The Kier molecular flexibility index (Phi) is 6.34. The molecule has 28 heavy (non-hydrogen) atoms. The average molecular weight is 402 g/mol. The molecule has 0 fully saturated rings. The lowest BCUT2D eigenvalue weighted by atomic mass is 10.0. The lowest BCUT2D eigenvalue weighted by molar-refractivity contribution is -0.123. The van der Waals surface area contributed by atoms with Gasteiger partial charge in [-0.1, -0.05) is 23.7 Å². The minimum atomic E-state index is -0.288. The van der Waals surface area contributed by atoms with E-state index in [-0.39, 0.29) is 24.5 Å². The number of nitrogens with one attached hydrogen (secondary N) is 1. The second kappa shape index (κ2) is 8.91. The minimum Gasteiger partial charge on any atom is -0.484 e.